The highest BCUT2D eigenvalue weighted by Crippen LogP contribution is 2.31. The molecular weight excluding hydrogens is 327 g/mol. The molecule has 2 aliphatic rings. The van der Waals surface area contributed by atoms with E-state index < -0.39 is 17.9 Å². The molecule has 126 valence electrons. The minimum atomic E-state index is -4.47. The second kappa shape index (κ2) is 6.59. The number of nitrogens with zero attached hydrogens (tertiary/aromatic N) is 3. The molecule has 0 bridgehead atoms. The van der Waals surface area contributed by atoms with Crippen molar-refractivity contribution in [3.8, 4) is 0 Å². The standard InChI is InChI=1S/C15H18F3N3OS/c16-15(17,18)12-4-1-5-13(19-12)21-6-2-3-11(21)14(22)20-7-9-23-10-8-20/h1,4-5,11H,2-3,6-10H2. The summed E-state index contributed by atoms with van der Waals surface area (Å²) in [6.45, 7) is 1.99. The summed E-state index contributed by atoms with van der Waals surface area (Å²) in [7, 11) is 0. The lowest BCUT2D eigenvalue weighted by Gasteiger charge is -2.33. The van der Waals surface area contributed by atoms with Gasteiger partial charge in [0.25, 0.3) is 0 Å². The number of aromatic nitrogens is 1. The Kier molecular flexibility index (Phi) is 4.70. The number of thioether (sulfide) groups is 1. The van der Waals surface area contributed by atoms with Crippen molar-refractivity contribution in [2.45, 2.75) is 25.1 Å². The molecule has 2 aliphatic heterocycles. The van der Waals surface area contributed by atoms with E-state index in [1.807, 2.05) is 16.7 Å². The number of alkyl halides is 3. The summed E-state index contributed by atoms with van der Waals surface area (Å²) in [5, 5.41) is 0. The molecule has 0 aliphatic carbocycles. The van der Waals surface area contributed by atoms with Crippen LogP contribution in [0.25, 0.3) is 0 Å². The number of hydrogen-bond donors (Lipinski definition) is 0. The second-order valence-corrected chi connectivity index (χ2v) is 6.89. The molecule has 2 fully saturated rings. The lowest BCUT2D eigenvalue weighted by atomic mass is 10.2. The second-order valence-electron chi connectivity index (χ2n) is 5.67. The number of hydrogen-bond acceptors (Lipinski definition) is 4. The van der Waals surface area contributed by atoms with Crippen LogP contribution < -0.4 is 4.90 Å². The summed E-state index contributed by atoms with van der Waals surface area (Å²) in [6, 6.07) is 3.46. The molecule has 3 rings (SSSR count). The lowest BCUT2D eigenvalue weighted by molar-refractivity contribution is -0.141. The first kappa shape index (κ1) is 16.4. The predicted molar refractivity (Wildman–Crippen MR) is 83.5 cm³/mol. The van der Waals surface area contributed by atoms with Crippen molar-refractivity contribution in [1.82, 2.24) is 9.88 Å². The van der Waals surface area contributed by atoms with Crippen molar-refractivity contribution in [3.05, 3.63) is 23.9 Å². The molecule has 1 atom stereocenters. The first-order valence-corrected chi connectivity index (χ1v) is 8.80. The van der Waals surface area contributed by atoms with Crippen LogP contribution in [-0.2, 0) is 11.0 Å². The van der Waals surface area contributed by atoms with Gasteiger partial charge in [0.2, 0.25) is 5.91 Å². The van der Waals surface area contributed by atoms with E-state index in [1.54, 1.807) is 11.0 Å². The average Bonchev–Trinajstić information content (AvgIpc) is 3.04. The molecule has 1 aromatic rings. The molecule has 0 radical (unpaired) electrons. The van der Waals surface area contributed by atoms with Gasteiger partial charge >= 0.3 is 6.18 Å². The van der Waals surface area contributed by atoms with E-state index in [1.165, 1.54) is 6.07 Å². The van der Waals surface area contributed by atoms with Gasteiger partial charge in [-0.3, -0.25) is 4.79 Å². The summed E-state index contributed by atoms with van der Waals surface area (Å²) >= 11 is 1.82. The topological polar surface area (TPSA) is 36.4 Å². The Bertz CT molecular complexity index is 575. The normalized spacial score (nSPS) is 22.5. The highest BCUT2D eigenvalue weighted by atomic mass is 32.2. The van der Waals surface area contributed by atoms with Crippen molar-refractivity contribution in [2.75, 3.05) is 36.0 Å². The van der Waals surface area contributed by atoms with Gasteiger partial charge in [0, 0.05) is 31.1 Å². The minimum Gasteiger partial charge on any atom is -0.345 e. The smallest absolute Gasteiger partial charge is 0.345 e. The van der Waals surface area contributed by atoms with Crippen molar-refractivity contribution < 1.29 is 18.0 Å². The fourth-order valence-corrected chi connectivity index (χ4v) is 3.94. The molecule has 1 unspecified atom stereocenters. The Hall–Kier alpha value is -1.44. The highest BCUT2D eigenvalue weighted by molar-refractivity contribution is 7.99. The van der Waals surface area contributed by atoms with Crippen LogP contribution in [0.4, 0.5) is 19.0 Å². The van der Waals surface area contributed by atoms with Gasteiger partial charge < -0.3 is 9.80 Å². The molecule has 1 aromatic heterocycles. The average molecular weight is 345 g/mol. The number of pyridine rings is 1. The largest absolute Gasteiger partial charge is 0.433 e. The maximum absolute atomic E-state index is 12.8. The summed E-state index contributed by atoms with van der Waals surface area (Å²) in [5.74, 6) is 2.09. The summed E-state index contributed by atoms with van der Waals surface area (Å²) in [5.41, 5.74) is -0.914. The third-order valence-electron chi connectivity index (χ3n) is 4.18. The third kappa shape index (κ3) is 3.57. The van der Waals surface area contributed by atoms with Gasteiger partial charge in [-0.2, -0.15) is 24.9 Å². The predicted octanol–water partition coefficient (Wildman–Crippen LogP) is 2.64. The van der Waals surface area contributed by atoms with E-state index in [9.17, 15) is 18.0 Å². The maximum Gasteiger partial charge on any atom is 0.433 e. The summed E-state index contributed by atoms with van der Waals surface area (Å²) < 4.78 is 38.5. The van der Waals surface area contributed by atoms with Crippen LogP contribution in [0.2, 0.25) is 0 Å². The monoisotopic (exact) mass is 345 g/mol. The first-order valence-electron chi connectivity index (χ1n) is 7.64. The molecule has 4 nitrogen and oxygen atoms in total. The molecule has 3 heterocycles. The molecule has 8 heteroatoms. The van der Waals surface area contributed by atoms with Crippen molar-refractivity contribution in [3.63, 3.8) is 0 Å². The molecular formula is C15H18F3N3OS. The van der Waals surface area contributed by atoms with Gasteiger partial charge in [0.1, 0.15) is 17.6 Å². The summed E-state index contributed by atoms with van der Waals surface area (Å²) in [4.78, 5) is 20.0. The first-order chi connectivity index (χ1) is 11.0. The Morgan fingerprint density at radius 1 is 1.22 bits per heavy atom. The number of carbonyl (C=O) groups excluding carboxylic acids is 1. The maximum atomic E-state index is 12.8. The SMILES string of the molecule is O=C(C1CCCN1c1cccc(C(F)(F)F)n1)N1CCSCC1. The molecule has 0 spiro atoms. The van der Waals surface area contributed by atoms with Crippen LogP contribution in [0, 0.1) is 0 Å². The highest BCUT2D eigenvalue weighted by Gasteiger charge is 2.37. The fraction of sp³-hybridized carbons (Fsp3) is 0.600. The van der Waals surface area contributed by atoms with Gasteiger partial charge in [-0.25, -0.2) is 4.98 Å². The van der Waals surface area contributed by atoms with Crippen LogP contribution in [0.5, 0.6) is 0 Å². The van der Waals surface area contributed by atoms with Crippen LogP contribution in [0.1, 0.15) is 18.5 Å². The Morgan fingerprint density at radius 2 is 1.96 bits per heavy atom. The van der Waals surface area contributed by atoms with Gasteiger partial charge in [-0.05, 0) is 25.0 Å². The van der Waals surface area contributed by atoms with Gasteiger partial charge in [0.05, 0.1) is 0 Å². The van der Waals surface area contributed by atoms with E-state index >= 15 is 0 Å². The zero-order valence-corrected chi connectivity index (χ0v) is 13.4. The van der Waals surface area contributed by atoms with E-state index in [0.717, 1.165) is 24.0 Å². The van der Waals surface area contributed by atoms with Gasteiger partial charge in [0.15, 0.2) is 0 Å². The van der Waals surface area contributed by atoms with Gasteiger partial charge in [-0.1, -0.05) is 6.07 Å². The molecule has 23 heavy (non-hydrogen) atoms. The van der Waals surface area contributed by atoms with E-state index in [-0.39, 0.29) is 11.7 Å². The minimum absolute atomic E-state index is 0.0158. The Morgan fingerprint density at radius 3 is 2.65 bits per heavy atom. The quantitative estimate of drug-likeness (QED) is 0.826. The lowest BCUT2D eigenvalue weighted by Crippen LogP contribution is -2.48. The number of carbonyl (C=O) groups is 1. The van der Waals surface area contributed by atoms with Crippen LogP contribution in [0.3, 0.4) is 0 Å². The van der Waals surface area contributed by atoms with Crippen LogP contribution in [-0.4, -0.2) is 53.0 Å². The number of halogens is 3. The molecule has 0 aromatic carbocycles. The molecule has 0 saturated carbocycles. The Balaban J connectivity index is 1.80. The zero-order valence-electron chi connectivity index (χ0n) is 12.6. The molecule has 2 saturated heterocycles. The number of anilines is 1. The van der Waals surface area contributed by atoms with E-state index in [4.69, 9.17) is 0 Å². The Labute approximate surface area is 137 Å². The summed E-state index contributed by atoms with van der Waals surface area (Å²) in [6.07, 6.45) is -3.02. The van der Waals surface area contributed by atoms with Gasteiger partial charge in [-0.15, -0.1) is 0 Å². The van der Waals surface area contributed by atoms with Crippen molar-refractivity contribution in [1.29, 1.82) is 0 Å². The number of amides is 1. The van der Waals surface area contributed by atoms with E-state index in [0.29, 0.717) is 26.1 Å². The van der Waals surface area contributed by atoms with Crippen molar-refractivity contribution >= 4 is 23.5 Å². The van der Waals surface area contributed by atoms with Crippen molar-refractivity contribution in [2.24, 2.45) is 0 Å². The molecule has 1 amide bonds. The number of rotatable bonds is 2. The molecule has 0 N–H and O–H groups in total. The van der Waals surface area contributed by atoms with Crippen LogP contribution in [0.15, 0.2) is 18.2 Å². The fourth-order valence-electron chi connectivity index (χ4n) is 3.03. The zero-order chi connectivity index (χ0) is 16.4. The van der Waals surface area contributed by atoms with Crippen LogP contribution >= 0.6 is 11.8 Å². The third-order valence-corrected chi connectivity index (χ3v) is 5.12. The van der Waals surface area contributed by atoms with E-state index in [2.05, 4.69) is 4.98 Å².